The zero-order valence-electron chi connectivity index (χ0n) is 23.3. The summed E-state index contributed by atoms with van der Waals surface area (Å²) in [6.45, 7) is 9.05. The molecule has 3 heterocycles. The van der Waals surface area contributed by atoms with Crippen molar-refractivity contribution in [2.45, 2.75) is 33.6 Å². The second-order valence-corrected chi connectivity index (χ2v) is 10.3. The molecule has 0 unspecified atom stereocenters. The molecule has 2 aromatic carbocycles. The highest BCUT2D eigenvalue weighted by Gasteiger charge is 2.26. The van der Waals surface area contributed by atoms with Crippen LogP contribution < -0.4 is 14.4 Å². The molecule has 5 rings (SSSR count). The van der Waals surface area contributed by atoms with E-state index in [1.54, 1.807) is 32.4 Å². The van der Waals surface area contributed by atoms with Gasteiger partial charge < -0.3 is 19.3 Å². The lowest BCUT2D eigenvalue weighted by Gasteiger charge is -2.24. The Balaban J connectivity index is 1.48. The molecule has 0 atom stereocenters. The van der Waals surface area contributed by atoms with Gasteiger partial charge in [-0.2, -0.15) is 5.10 Å². The summed E-state index contributed by atoms with van der Waals surface area (Å²) in [6, 6.07) is 15.4. The van der Waals surface area contributed by atoms with Crippen LogP contribution in [-0.2, 0) is 6.42 Å². The van der Waals surface area contributed by atoms with Gasteiger partial charge in [0.25, 0.3) is 5.91 Å². The van der Waals surface area contributed by atoms with Gasteiger partial charge in [-0.25, -0.2) is 14.6 Å². The van der Waals surface area contributed by atoms with Gasteiger partial charge in [0, 0.05) is 44.2 Å². The van der Waals surface area contributed by atoms with Crippen LogP contribution in [-0.4, -0.2) is 71.0 Å². The summed E-state index contributed by atoms with van der Waals surface area (Å²) in [4.78, 5) is 27.7. The fraction of sp³-hybridized carbons (Fsp3) is 0.400. The summed E-state index contributed by atoms with van der Waals surface area (Å²) in [5.74, 6) is 3.29. The number of hydrogen-bond acceptors (Lipinski definition) is 7. The minimum atomic E-state index is -0.0320. The number of aryl methyl sites for hydroxylation is 1. The van der Waals surface area contributed by atoms with Crippen LogP contribution in [0, 0.1) is 12.8 Å². The summed E-state index contributed by atoms with van der Waals surface area (Å²) in [5, 5.41) is 5.84. The third-order valence-electron chi connectivity index (χ3n) is 7.00. The van der Waals surface area contributed by atoms with Crippen LogP contribution in [0.5, 0.6) is 11.5 Å². The number of aromatic nitrogens is 4. The molecule has 204 valence electrons. The van der Waals surface area contributed by atoms with Crippen molar-refractivity contribution in [2.24, 2.45) is 5.92 Å². The SMILES string of the molecule is COc1cc(OC)cc(C(=O)N2CCCN(c3nc(CC(C)C)nc4c3c(C)nn4-c3ccccc3)CC2)c1. The molecule has 1 saturated heterocycles. The quantitative estimate of drug-likeness (QED) is 0.344. The maximum Gasteiger partial charge on any atom is 0.254 e. The summed E-state index contributed by atoms with van der Waals surface area (Å²) in [6.07, 6.45) is 1.60. The number of para-hydroxylation sites is 1. The first-order chi connectivity index (χ1) is 18.9. The van der Waals surface area contributed by atoms with E-state index in [9.17, 15) is 4.79 Å². The van der Waals surface area contributed by atoms with Crippen molar-refractivity contribution >= 4 is 22.8 Å². The zero-order valence-corrected chi connectivity index (χ0v) is 23.3. The Hall–Kier alpha value is -4.14. The van der Waals surface area contributed by atoms with E-state index >= 15 is 0 Å². The third kappa shape index (κ3) is 5.53. The lowest BCUT2D eigenvalue weighted by atomic mass is 10.1. The van der Waals surface area contributed by atoms with Crippen molar-refractivity contribution in [1.82, 2.24) is 24.6 Å². The van der Waals surface area contributed by atoms with Crippen LogP contribution in [0.15, 0.2) is 48.5 Å². The highest BCUT2D eigenvalue weighted by atomic mass is 16.5. The summed E-state index contributed by atoms with van der Waals surface area (Å²) in [5.41, 5.74) is 3.24. The highest BCUT2D eigenvalue weighted by molar-refractivity contribution is 5.95. The number of carbonyl (C=O) groups excluding carboxylic acids is 1. The van der Waals surface area contributed by atoms with Gasteiger partial charge in [-0.1, -0.05) is 32.0 Å². The van der Waals surface area contributed by atoms with Crippen LogP contribution in [0.4, 0.5) is 5.82 Å². The molecule has 4 aromatic rings. The molecular formula is C30H36N6O3. The van der Waals surface area contributed by atoms with Gasteiger partial charge in [0.15, 0.2) is 5.65 Å². The van der Waals surface area contributed by atoms with Gasteiger partial charge in [-0.05, 0) is 43.5 Å². The number of benzene rings is 2. The number of carbonyl (C=O) groups is 1. The molecule has 9 heteroatoms. The predicted molar refractivity (Wildman–Crippen MR) is 152 cm³/mol. The minimum Gasteiger partial charge on any atom is -0.497 e. The predicted octanol–water partition coefficient (Wildman–Crippen LogP) is 4.69. The molecule has 0 aliphatic carbocycles. The van der Waals surface area contributed by atoms with Gasteiger partial charge in [0.2, 0.25) is 0 Å². The van der Waals surface area contributed by atoms with E-state index in [-0.39, 0.29) is 5.91 Å². The largest absolute Gasteiger partial charge is 0.497 e. The molecular weight excluding hydrogens is 492 g/mol. The molecule has 39 heavy (non-hydrogen) atoms. The fourth-order valence-corrected chi connectivity index (χ4v) is 5.09. The van der Waals surface area contributed by atoms with Crippen molar-refractivity contribution in [3.63, 3.8) is 0 Å². The van der Waals surface area contributed by atoms with E-state index < -0.39 is 0 Å². The smallest absolute Gasteiger partial charge is 0.254 e. The Kier molecular flexibility index (Phi) is 7.67. The van der Waals surface area contributed by atoms with Crippen LogP contribution in [0.25, 0.3) is 16.7 Å². The first-order valence-electron chi connectivity index (χ1n) is 13.5. The minimum absolute atomic E-state index is 0.0320. The lowest BCUT2D eigenvalue weighted by Crippen LogP contribution is -2.35. The number of fused-ring (bicyclic) bond motifs is 1. The van der Waals surface area contributed by atoms with Crippen molar-refractivity contribution in [3.05, 3.63) is 65.6 Å². The standard InChI is InChI=1S/C30H36N6O3/c1-20(2)16-26-31-28(27-21(3)33-36(29(27)32-26)23-10-7-6-8-11-23)34-12-9-13-35(15-14-34)30(37)22-17-24(38-4)19-25(18-22)39-5/h6-8,10-11,17-20H,9,12-16H2,1-5H3. The topological polar surface area (TPSA) is 85.6 Å². The number of anilines is 1. The Morgan fingerprint density at radius 3 is 2.33 bits per heavy atom. The maximum atomic E-state index is 13.5. The van der Waals surface area contributed by atoms with E-state index in [0.29, 0.717) is 42.6 Å². The van der Waals surface area contributed by atoms with E-state index in [4.69, 9.17) is 24.5 Å². The fourth-order valence-electron chi connectivity index (χ4n) is 5.09. The molecule has 1 aliphatic rings. The molecule has 0 spiro atoms. The molecule has 0 N–H and O–H groups in total. The van der Waals surface area contributed by atoms with Gasteiger partial charge >= 0.3 is 0 Å². The number of nitrogens with zero attached hydrogens (tertiary/aromatic N) is 6. The van der Waals surface area contributed by atoms with Crippen LogP contribution >= 0.6 is 0 Å². The number of methoxy groups -OCH3 is 2. The summed E-state index contributed by atoms with van der Waals surface area (Å²) < 4.78 is 12.7. The van der Waals surface area contributed by atoms with Crippen molar-refractivity contribution in [1.29, 1.82) is 0 Å². The molecule has 9 nitrogen and oxygen atoms in total. The monoisotopic (exact) mass is 528 g/mol. The van der Waals surface area contributed by atoms with Gasteiger partial charge in [-0.3, -0.25) is 4.79 Å². The molecule has 1 fully saturated rings. The Bertz CT molecular complexity index is 1440. The summed E-state index contributed by atoms with van der Waals surface area (Å²) in [7, 11) is 3.18. The van der Waals surface area contributed by atoms with Gasteiger partial charge in [0.1, 0.15) is 23.1 Å². The maximum absolute atomic E-state index is 13.5. The summed E-state index contributed by atoms with van der Waals surface area (Å²) >= 11 is 0. The molecule has 1 amide bonds. The van der Waals surface area contributed by atoms with Crippen LogP contribution in [0.2, 0.25) is 0 Å². The Labute approximate surface area is 229 Å². The first kappa shape index (κ1) is 26.5. The number of rotatable bonds is 7. The molecule has 0 bridgehead atoms. The van der Waals surface area contributed by atoms with Crippen LogP contribution in [0.1, 0.15) is 42.1 Å². The lowest BCUT2D eigenvalue weighted by molar-refractivity contribution is 0.0766. The van der Waals surface area contributed by atoms with Gasteiger partial charge in [0.05, 0.1) is 31.0 Å². The highest BCUT2D eigenvalue weighted by Crippen LogP contribution is 2.31. The van der Waals surface area contributed by atoms with E-state index in [2.05, 4.69) is 18.7 Å². The van der Waals surface area contributed by atoms with Crippen molar-refractivity contribution in [2.75, 3.05) is 45.3 Å². The second kappa shape index (κ2) is 11.3. The Morgan fingerprint density at radius 2 is 1.67 bits per heavy atom. The molecule has 2 aromatic heterocycles. The molecule has 0 radical (unpaired) electrons. The Morgan fingerprint density at radius 1 is 0.949 bits per heavy atom. The zero-order chi connectivity index (χ0) is 27.5. The van der Waals surface area contributed by atoms with Crippen molar-refractivity contribution in [3.8, 4) is 17.2 Å². The van der Waals surface area contributed by atoms with Gasteiger partial charge in [-0.15, -0.1) is 0 Å². The molecule has 0 saturated carbocycles. The molecule has 1 aliphatic heterocycles. The van der Waals surface area contributed by atoms with E-state index in [1.807, 2.05) is 46.8 Å². The van der Waals surface area contributed by atoms with E-state index in [0.717, 1.165) is 53.4 Å². The van der Waals surface area contributed by atoms with E-state index in [1.165, 1.54) is 0 Å². The van der Waals surface area contributed by atoms with Crippen molar-refractivity contribution < 1.29 is 14.3 Å². The first-order valence-corrected chi connectivity index (χ1v) is 13.5. The normalized spacial score (nSPS) is 14.1. The third-order valence-corrected chi connectivity index (χ3v) is 7.00. The average molecular weight is 529 g/mol. The number of ether oxygens (including phenoxy) is 2. The number of amides is 1. The second-order valence-electron chi connectivity index (χ2n) is 10.3. The average Bonchev–Trinajstić information content (AvgIpc) is 3.11. The number of hydrogen-bond donors (Lipinski definition) is 0. The van der Waals surface area contributed by atoms with Crippen LogP contribution in [0.3, 0.4) is 0 Å².